The highest BCUT2D eigenvalue weighted by Gasteiger charge is 2.60. The van der Waals surface area contributed by atoms with Gasteiger partial charge >= 0.3 is 0 Å². The summed E-state index contributed by atoms with van der Waals surface area (Å²) in [5, 5.41) is 265. The van der Waals surface area contributed by atoms with Gasteiger partial charge in [0.05, 0.1) is 52.9 Å². The molecule has 0 aromatic rings. The summed E-state index contributed by atoms with van der Waals surface area (Å²) in [4.78, 5) is 0. The van der Waals surface area contributed by atoms with Gasteiger partial charge in [0.1, 0.15) is 195 Å². The van der Waals surface area contributed by atoms with Crippen molar-refractivity contribution in [2.45, 2.75) is 246 Å². The number of rotatable bonds is 8. The topological polar surface area (TPSA) is 633 Å². The maximum atomic E-state index is 11.4. The van der Waals surface area contributed by atoms with E-state index >= 15 is 0 Å². The first-order valence-corrected chi connectivity index (χ1v) is 28.1. The van der Waals surface area contributed by atoms with Gasteiger partial charge in [-0.1, -0.05) is 0 Å². The van der Waals surface area contributed by atoms with Gasteiger partial charge in [-0.2, -0.15) is 0 Å². The Bertz CT molecular complexity index is 1700. The van der Waals surface area contributed by atoms with Crippen molar-refractivity contribution in [3.8, 4) is 0 Å². The second-order valence-electron chi connectivity index (χ2n) is 22.5. The van der Waals surface area contributed by atoms with Crippen molar-refractivity contribution in [2.75, 3.05) is 52.9 Å². The molecule has 0 amide bonds. The summed E-state index contributed by atoms with van der Waals surface area (Å²) in [6.45, 7) is -8.64. The highest BCUT2D eigenvalue weighted by molar-refractivity contribution is 5.02. The first-order chi connectivity index (χ1) is 41.9. The summed E-state index contributed by atoms with van der Waals surface area (Å²) in [6.07, 6.45) is -82.0. The second-order valence-corrected chi connectivity index (χ2v) is 22.5. The standard InChI is InChI=1S/C48H80O40/c49-1-9-33-17(57)25(65)41(73-9)82-34-10(2-50)75-43(27(67)19(34)59)84-36-12(4-52)77-45(29(69)21(36)61)86-38-14(6-54)79-47(31(71)23(38)63)88-40-16(8-56)80-48(32(72)24(40)64)87-39-15(7-55)78-46(30(70)22(39)62)85-37-13(5-53)76-44(28(68)20(37)60)83-35-11(3-51)74-42(81-33)26(66)18(35)58/h9-72H,1-8H2/t9-,10-,11-,12-,13-,14-,15-,16-,17-,18-,19-,20-,21-,22-,23-,24-,25-,26-,27-,28-,29-,30-,31-,32?,33?,34-,35?,36-,37?,38-,39-,40-,41?,42?,43?,44?,45?,46?,47?,48?/m1/s1. The Morgan fingerprint density at radius 3 is 0.307 bits per heavy atom. The third kappa shape index (κ3) is 13.8. The van der Waals surface area contributed by atoms with Crippen molar-refractivity contribution in [3.63, 3.8) is 0 Å². The van der Waals surface area contributed by atoms with Gasteiger partial charge in [-0.05, 0) is 0 Å². The van der Waals surface area contributed by atoms with Crippen LogP contribution in [0.2, 0.25) is 0 Å². The molecule has 30 heterocycles. The molecule has 0 aromatic heterocycles. The molecule has 30 rings (SSSR count). The molecule has 30 aliphatic rings. The van der Waals surface area contributed by atoms with Gasteiger partial charge in [-0.25, -0.2) is 0 Å². The van der Waals surface area contributed by atoms with Gasteiger partial charge in [0, 0.05) is 0 Å². The lowest BCUT2D eigenvalue weighted by molar-refractivity contribution is -0.404. The molecular formula is C48H80O40. The maximum absolute atomic E-state index is 11.4. The molecule has 512 valence electrons. The lowest BCUT2D eigenvalue weighted by atomic mass is 9.94. The van der Waals surface area contributed by atoms with E-state index in [1.54, 1.807) is 0 Å². The summed E-state index contributed by atoms with van der Waals surface area (Å²) in [5.74, 6) is 0. The van der Waals surface area contributed by atoms with Crippen LogP contribution in [0, 0.1) is 0 Å². The van der Waals surface area contributed by atoms with Crippen LogP contribution in [-0.2, 0) is 75.8 Å². The minimum Gasteiger partial charge on any atom is -0.394 e. The molecule has 88 heavy (non-hydrogen) atoms. The summed E-state index contributed by atoms with van der Waals surface area (Å²) < 4.78 is 91.1. The largest absolute Gasteiger partial charge is 0.394 e. The summed E-state index contributed by atoms with van der Waals surface area (Å²) >= 11 is 0. The molecule has 0 aromatic carbocycles. The Balaban J connectivity index is 0.975. The Hall–Kier alpha value is -1.60. The Labute approximate surface area is 496 Å². The predicted molar refractivity (Wildman–Crippen MR) is 261 cm³/mol. The molecule has 12 unspecified atom stereocenters. The smallest absolute Gasteiger partial charge is 0.187 e. The van der Waals surface area contributed by atoms with E-state index in [0.29, 0.717) is 0 Å². The number of ether oxygens (including phenoxy) is 16. The van der Waals surface area contributed by atoms with E-state index in [1.165, 1.54) is 0 Å². The fourth-order valence-electron chi connectivity index (χ4n) is 11.9. The number of hydrogen-bond donors (Lipinski definition) is 24. The van der Waals surface area contributed by atoms with Gasteiger partial charge < -0.3 is 198 Å². The van der Waals surface area contributed by atoms with Crippen LogP contribution in [0.5, 0.6) is 0 Å². The van der Waals surface area contributed by atoms with Gasteiger partial charge in [0.25, 0.3) is 0 Å². The molecule has 30 saturated heterocycles. The number of hydrogen-bond acceptors (Lipinski definition) is 40. The monoisotopic (exact) mass is 1300 g/mol. The van der Waals surface area contributed by atoms with Crippen molar-refractivity contribution < 1.29 is 198 Å². The van der Waals surface area contributed by atoms with E-state index in [9.17, 15) is 123 Å². The molecule has 0 saturated carbocycles. The molecule has 30 aliphatic heterocycles. The predicted octanol–water partition coefficient (Wildman–Crippen LogP) is -17.4. The average Bonchev–Trinajstić information content (AvgIpc) is 1.43. The Morgan fingerprint density at radius 2 is 0.227 bits per heavy atom. The molecule has 40 heteroatoms. The SMILES string of the molecule is OC[C@H]1OC2OC3[C@@H](CO)OC(OC4[C@@H](CO)OC(O[C@H]5[C@H](O)[C@@H](O)C(O[C@H]6[C@H](O)[C@@H](O)C(O[C@H]7[C@H](O)[C@@H](O)C(O[C@H]8[C@H](O)C(O)C(O[C@H]9[C@H](O)[C@@H](O)C(OC1[C@H](O)[C@H]2O)O[C@@H]9CO)O[C@@H]8CO)O[C@@H]7CO)O[C@@H]6CO)O[C@@H]5CO)[C@H](O)[C@H]4O)[C@H](O)[C@H]3O. The van der Waals surface area contributed by atoms with Crippen molar-refractivity contribution in [2.24, 2.45) is 0 Å². The molecule has 0 aliphatic carbocycles. The van der Waals surface area contributed by atoms with E-state index in [2.05, 4.69) is 0 Å². The van der Waals surface area contributed by atoms with Crippen LogP contribution in [0.15, 0.2) is 0 Å². The van der Waals surface area contributed by atoms with Gasteiger partial charge in [-0.15, -0.1) is 0 Å². The first-order valence-electron chi connectivity index (χ1n) is 28.1. The summed E-state index contributed by atoms with van der Waals surface area (Å²) in [6, 6.07) is 0. The molecule has 0 spiro atoms. The van der Waals surface area contributed by atoms with Crippen LogP contribution in [-0.4, -0.2) is 421 Å². The zero-order chi connectivity index (χ0) is 64.1. The molecule has 40 nitrogen and oxygen atoms in total. The zero-order valence-electron chi connectivity index (χ0n) is 46.0. The normalized spacial score (nSPS) is 55.4. The molecule has 40 atom stereocenters. The van der Waals surface area contributed by atoms with Gasteiger partial charge in [0.2, 0.25) is 0 Å². The van der Waals surface area contributed by atoms with Crippen LogP contribution in [0.25, 0.3) is 0 Å². The van der Waals surface area contributed by atoms with E-state index in [1.807, 2.05) is 0 Å². The minimum atomic E-state index is -2.25. The van der Waals surface area contributed by atoms with E-state index < -0.39 is 299 Å². The third-order valence-electron chi connectivity index (χ3n) is 16.9. The lowest BCUT2D eigenvalue weighted by Crippen LogP contribution is -2.69. The van der Waals surface area contributed by atoms with E-state index in [0.717, 1.165) is 0 Å². The highest BCUT2D eigenvalue weighted by Crippen LogP contribution is 2.40. The zero-order valence-corrected chi connectivity index (χ0v) is 46.0. The van der Waals surface area contributed by atoms with Crippen molar-refractivity contribution >= 4 is 0 Å². The molecule has 24 N–H and O–H groups in total. The molecular weight excluding hydrogens is 1220 g/mol. The van der Waals surface area contributed by atoms with Crippen molar-refractivity contribution in [3.05, 3.63) is 0 Å². The summed E-state index contributed by atoms with van der Waals surface area (Å²) in [7, 11) is 0. The minimum absolute atomic E-state index is 1.08. The highest BCUT2D eigenvalue weighted by atomic mass is 16.8. The van der Waals surface area contributed by atoms with Gasteiger partial charge in [-0.3, -0.25) is 0 Å². The van der Waals surface area contributed by atoms with E-state index in [-0.39, 0.29) is 0 Å². The third-order valence-corrected chi connectivity index (χ3v) is 16.9. The van der Waals surface area contributed by atoms with Gasteiger partial charge in [0.15, 0.2) is 50.3 Å². The second kappa shape index (κ2) is 30.0. The van der Waals surface area contributed by atoms with Crippen LogP contribution in [0.3, 0.4) is 0 Å². The average molecular weight is 1300 g/mol. The number of aliphatic hydroxyl groups is 24. The molecule has 0 radical (unpaired) electrons. The number of aliphatic hydroxyl groups excluding tert-OH is 24. The fourth-order valence-corrected chi connectivity index (χ4v) is 11.9. The molecule has 30 fully saturated rings. The van der Waals surface area contributed by atoms with Crippen LogP contribution < -0.4 is 0 Å². The van der Waals surface area contributed by atoms with Crippen LogP contribution in [0.4, 0.5) is 0 Å². The van der Waals surface area contributed by atoms with Crippen molar-refractivity contribution in [1.82, 2.24) is 0 Å². The van der Waals surface area contributed by atoms with Crippen LogP contribution in [0.1, 0.15) is 0 Å². The van der Waals surface area contributed by atoms with Crippen LogP contribution >= 0.6 is 0 Å². The fraction of sp³-hybridized carbons (Fsp3) is 1.00. The van der Waals surface area contributed by atoms with E-state index in [4.69, 9.17) is 75.8 Å². The summed E-state index contributed by atoms with van der Waals surface area (Å²) in [5.41, 5.74) is 0. The quantitative estimate of drug-likeness (QED) is 0.107. The molecule has 16 bridgehead atoms. The Morgan fingerprint density at radius 1 is 0.136 bits per heavy atom. The maximum Gasteiger partial charge on any atom is 0.187 e. The Kier molecular flexibility index (Phi) is 24.1. The lowest BCUT2D eigenvalue weighted by Gasteiger charge is -2.50. The first kappa shape index (κ1) is 70.7. The van der Waals surface area contributed by atoms with Crippen molar-refractivity contribution in [1.29, 1.82) is 0 Å².